The van der Waals surface area contributed by atoms with E-state index < -0.39 is 12.2 Å². The highest BCUT2D eigenvalue weighted by Crippen LogP contribution is 2.29. The first-order valence-electron chi connectivity index (χ1n) is 3.32. The molecule has 1 rings (SSSR count). The van der Waals surface area contributed by atoms with Crippen LogP contribution in [-0.4, -0.2) is 39.4 Å². The predicted molar refractivity (Wildman–Crippen MR) is 40.0 cm³/mol. The summed E-state index contributed by atoms with van der Waals surface area (Å²) in [6.07, 6.45) is -0.991. The molecule has 1 aliphatic rings. The van der Waals surface area contributed by atoms with Gasteiger partial charge in [-0.1, -0.05) is 0 Å². The summed E-state index contributed by atoms with van der Waals surface area (Å²) >= 11 is 4.04. The summed E-state index contributed by atoms with van der Waals surface area (Å²) in [6, 6.07) is 0. The number of hydrogen-bond acceptors (Lipinski definition) is 4. The van der Waals surface area contributed by atoms with Gasteiger partial charge in [0, 0.05) is 17.8 Å². The average Bonchev–Trinajstić information content (AvgIpc) is 2.17. The quantitative estimate of drug-likeness (QED) is 0.377. The van der Waals surface area contributed by atoms with E-state index in [1.807, 2.05) is 0 Å². The van der Waals surface area contributed by atoms with E-state index in [1.54, 1.807) is 0 Å². The van der Waals surface area contributed by atoms with Crippen LogP contribution in [-0.2, 0) is 0 Å². The van der Waals surface area contributed by atoms with E-state index in [-0.39, 0.29) is 17.8 Å². The van der Waals surface area contributed by atoms with Crippen molar-refractivity contribution in [2.75, 3.05) is 6.61 Å². The zero-order valence-corrected chi connectivity index (χ0v) is 6.41. The van der Waals surface area contributed by atoms with E-state index in [0.717, 1.165) is 0 Å². The predicted octanol–water partition coefficient (Wildman–Crippen LogP) is -0.981. The van der Waals surface area contributed by atoms with E-state index in [4.69, 9.17) is 15.3 Å². The van der Waals surface area contributed by atoms with Gasteiger partial charge in [-0.3, -0.25) is 0 Å². The van der Waals surface area contributed by atoms with Crippen molar-refractivity contribution in [1.29, 1.82) is 0 Å². The fraction of sp³-hybridized carbons (Fsp3) is 1.00. The Morgan fingerprint density at radius 1 is 1.30 bits per heavy atom. The lowest BCUT2D eigenvalue weighted by Gasteiger charge is -2.13. The summed E-state index contributed by atoms with van der Waals surface area (Å²) in [6.45, 7) is -0.0741. The molecule has 0 saturated heterocycles. The van der Waals surface area contributed by atoms with Crippen molar-refractivity contribution in [3.05, 3.63) is 0 Å². The molecule has 10 heavy (non-hydrogen) atoms. The largest absolute Gasteiger partial charge is 0.396 e. The second-order valence-electron chi connectivity index (χ2n) is 2.73. The minimum absolute atomic E-state index is 0.0741. The molecule has 0 spiro atoms. The molecule has 0 heterocycles. The molecule has 0 bridgehead atoms. The minimum Gasteiger partial charge on any atom is -0.396 e. The van der Waals surface area contributed by atoms with Crippen LogP contribution in [0.4, 0.5) is 0 Å². The van der Waals surface area contributed by atoms with Gasteiger partial charge < -0.3 is 15.3 Å². The van der Waals surface area contributed by atoms with Crippen molar-refractivity contribution < 1.29 is 15.3 Å². The minimum atomic E-state index is -0.799. The first-order valence-corrected chi connectivity index (χ1v) is 3.83. The maximum absolute atomic E-state index is 9.17. The molecule has 60 valence electrons. The highest BCUT2D eigenvalue weighted by Gasteiger charge is 2.38. The van der Waals surface area contributed by atoms with Crippen LogP contribution in [0.1, 0.15) is 6.42 Å². The Labute approximate surface area is 65.1 Å². The third kappa shape index (κ3) is 1.29. The number of thiol groups is 1. The normalized spacial score (nSPS) is 48.0. The van der Waals surface area contributed by atoms with E-state index in [9.17, 15) is 0 Å². The van der Waals surface area contributed by atoms with Crippen LogP contribution in [0.3, 0.4) is 0 Å². The van der Waals surface area contributed by atoms with Gasteiger partial charge in [0.2, 0.25) is 0 Å². The van der Waals surface area contributed by atoms with Crippen molar-refractivity contribution in [2.45, 2.75) is 23.9 Å². The molecular weight excluding hydrogens is 152 g/mol. The van der Waals surface area contributed by atoms with Gasteiger partial charge >= 0.3 is 0 Å². The Morgan fingerprint density at radius 2 is 1.90 bits per heavy atom. The van der Waals surface area contributed by atoms with Crippen LogP contribution in [0.5, 0.6) is 0 Å². The van der Waals surface area contributed by atoms with Gasteiger partial charge in [-0.05, 0) is 6.42 Å². The second-order valence-corrected chi connectivity index (χ2v) is 3.39. The van der Waals surface area contributed by atoms with Crippen molar-refractivity contribution in [3.63, 3.8) is 0 Å². The van der Waals surface area contributed by atoms with Crippen LogP contribution < -0.4 is 0 Å². The maximum Gasteiger partial charge on any atom is 0.0918 e. The number of rotatable bonds is 1. The molecule has 3 nitrogen and oxygen atoms in total. The van der Waals surface area contributed by atoms with Crippen molar-refractivity contribution in [3.8, 4) is 0 Å². The zero-order valence-electron chi connectivity index (χ0n) is 5.51. The lowest BCUT2D eigenvalue weighted by Crippen LogP contribution is -2.29. The monoisotopic (exact) mass is 164 g/mol. The summed E-state index contributed by atoms with van der Waals surface area (Å²) in [5.74, 6) is -0.197. The Balaban J connectivity index is 2.53. The number of aliphatic hydroxyl groups is 3. The summed E-state index contributed by atoms with van der Waals surface area (Å²) in [5.41, 5.74) is 0. The van der Waals surface area contributed by atoms with Crippen molar-refractivity contribution >= 4 is 12.6 Å². The molecule has 0 amide bonds. The van der Waals surface area contributed by atoms with Crippen LogP contribution in [0.15, 0.2) is 0 Å². The fourth-order valence-electron chi connectivity index (χ4n) is 1.28. The molecule has 1 fully saturated rings. The molecule has 0 aliphatic heterocycles. The standard InChI is InChI=1S/C6H12O3S/c7-2-3-1-4(10)6(9)5(3)8/h3-10H,1-2H2/t3-,4-,5+,6+/m1/s1. The second kappa shape index (κ2) is 3.09. The van der Waals surface area contributed by atoms with E-state index in [2.05, 4.69) is 12.6 Å². The molecule has 4 atom stereocenters. The van der Waals surface area contributed by atoms with E-state index in [0.29, 0.717) is 6.42 Å². The zero-order chi connectivity index (χ0) is 7.72. The van der Waals surface area contributed by atoms with Gasteiger partial charge in [0.1, 0.15) is 0 Å². The molecule has 0 radical (unpaired) electrons. The number of hydrogen-bond donors (Lipinski definition) is 4. The van der Waals surface area contributed by atoms with Gasteiger partial charge in [-0.15, -0.1) is 0 Å². The van der Waals surface area contributed by atoms with Gasteiger partial charge in [0.25, 0.3) is 0 Å². The Bertz CT molecular complexity index is 120. The highest BCUT2D eigenvalue weighted by molar-refractivity contribution is 7.81. The topological polar surface area (TPSA) is 60.7 Å². The smallest absolute Gasteiger partial charge is 0.0918 e. The van der Waals surface area contributed by atoms with E-state index >= 15 is 0 Å². The third-order valence-electron chi connectivity index (χ3n) is 2.01. The molecule has 4 heteroatoms. The van der Waals surface area contributed by atoms with Gasteiger partial charge in [0.15, 0.2) is 0 Å². The molecule has 0 aromatic carbocycles. The molecule has 1 aliphatic carbocycles. The van der Waals surface area contributed by atoms with Crippen molar-refractivity contribution in [2.24, 2.45) is 5.92 Å². The van der Waals surface area contributed by atoms with Crippen LogP contribution in [0.25, 0.3) is 0 Å². The molecular formula is C6H12O3S. The van der Waals surface area contributed by atoms with Gasteiger partial charge in [0.05, 0.1) is 12.2 Å². The van der Waals surface area contributed by atoms with Crippen LogP contribution in [0.2, 0.25) is 0 Å². The summed E-state index contributed by atoms with van der Waals surface area (Å²) in [5, 5.41) is 26.8. The van der Waals surface area contributed by atoms with Gasteiger partial charge in [-0.2, -0.15) is 12.6 Å². The van der Waals surface area contributed by atoms with Crippen molar-refractivity contribution in [1.82, 2.24) is 0 Å². The van der Waals surface area contributed by atoms with Crippen LogP contribution >= 0.6 is 12.6 Å². The molecule has 0 aromatic rings. The van der Waals surface area contributed by atoms with E-state index in [1.165, 1.54) is 0 Å². The molecule has 0 aromatic heterocycles. The fourth-order valence-corrected chi connectivity index (χ4v) is 1.73. The molecule has 0 unspecified atom stereocenters. The number of aliphatic hydroxyl groups excluding tert-OH is 3. The van der Waals surface area contributed by atoms with Gasteiger partial charge in [-0.25, -0.2) is 0 Å². The Morgan fingerprint density at radius 3 is 2.10 bits per heavy atom. The Kier molecular flexibility index (Phi) is 2.57. The first-order chi connectivity index (χ1) is 4.66. The summed E-state index contributed by atoms with van der Waals surface area (Å²) in [4.78, 5) is 0. The lowest BCUT2D eigenvalue weighted by molar-refractivity contribution is 0.00820. The maximum atomic E-state index is 9.17. The first kappa shape index (κ1) is 8.33. The lowest BCUT2D eigenvalue weighted by atomic mass is 10.1. The summed E-state index contributed by atoms with van der Waals surface area (Å²) in [7, 11) is 0. The highest BCUT2D eigenvalue weighted by atomic mass is 32.1. The average molecular weight is 164 g/mol. The third-order valence-corrected chi connectivity index (χ3v) is 2.52. The summed E-state index contributed by atoms with van der Waals surface area (Å²) < 4.78 is 0. The molecule has 1 saturated carbocycles. The Hall–Kier alpha value is 0.230. The SMILES string of the molecule is OC[C@H]1C[C@@H](S)[C@H](O)[C@H]1O. The molecule has 3 N–H and O–H groups in total. The van der Waals surface area contributed by atoms with Crippen LogP contribution in [0, 0.1) is 5.92 Å².